The van der Waals surface area contributed by atoms with Crippen LogP contribution in [-0.2, 0) is 4.79 Å². The summed E-state index contributed by atoms with van der Waals surface area (Å²) in [5.41, 5.74) is 7.31. The molecule has 1 aliphatic heterocycles. The van der Waals surface area contributed by atoms with Gasteiger partial charge in [-0.25, -0.2) is 4.39 Å². The molecule has 1 aromatic heterocycles. The molecule has 3 rings (SSSR count). The SMILES string of the molecule is C/C(N)=C/C(=N)C(C)C.O=CN1CCC(n2cc3c(F)cccc3n2)C1. The number of fused-ring (bicyclic) bond motifs is 1. The Morgan fingerprint density at radius 2 is 2.19 bits per heavy atom. The van der Waals surface area contributed by atoms with E-state index in [1.807, 2.05) is 13.8 Å². The Morgan fingerprint density at radius 1 is 1.46 bits per heavy atom. The number of carbonyl (C=O) groups excluding carboxylic acids is 1. The van der Waals surface area contributed by atoms with Crippen molar-refractivity contribution in [2.75, 3.05) is 13.1 Å². The summed E-state index contributed by atoms with van der Waals surface area (Å²) in [6, 6.07) is 5.04. The van der Waals surface area contributed by atoms with Gasteiger partial charge in [-0.3, -0.25) is 9.48 Å². The molecule has 1 amide bonds. The Bertz CT molecular complexity index is 807. The van der Waals surface area contributed by atoms with Gasteiger partial charge in [0.15, 0.2) is 0 Å². The van der Waals surface area contributed by atoms with E-state index in [0.717, 1.165) is 19.4 Å². The zero-order chi connectivity index (χ0) is 19.3. The second-order valence-electron chi connectivity index (χ2n) is 6.82. The van der Waals surface area contributed by atoms with Crippen LogP contribution in [0.5, 0.6) is 0 Å². The predicted octanol–water partition coefficient (Wildman–Crippen LogP) is 3.10. The first-order valence-corrected chi connectivity index (χ1v) is 8.66. The number of allylic oxidation sites excluding steroid dienone is 2. The number of halogens is 1. The normalized spacial score (nSPS) is 17.3. The molecule has 0 aliphatic carbocycles. The fourth-order valence-corrected chi connectivity index (χ4v) is 2.70. The number of nitrogens with two attached hydrogens (primary N) is 1. The van der Waals surface area contributed by atoms with E-state index in [2.05, 4.69) is 5.10 Å². The fourth-order valence-electron chi connectivity index (χ4n) is 2.70. The maximum Gasteiger partial charge on any atom is 0.209 e. The molecule has 3 N–H and O–H groups in total. The number of hydrogen-bond acceptors (Lipinski definition) is 4. The first kappa shape index (κ1) is 19.6. The molecule has 1 atom stereocenters. The van der Waals surface area contributed by atoms with Crippen LogP contribution in [0.25, 0.3) is 10.9 Å². The first-order valence-electron chi connectivity index (χ1n) is 8.66. The number of nitrogens with one attached hydrogen (secondary N) is 1. The van der Waals surface area contributed by atoms with Crippen LogP contribution >= 0.6 is 0 Å². The second kappa shape index (κ2) is 8.60. The molecule has 140 valence electrons. The van der Waals surface area contributed by atoms with Crippen LogP contribution in [0.4, 0.5) is 4.39 Å². The van der Waals surface area contributed by atoms with Crippen molar-refractivity contribution in [3.05, 3.63) is 42.0 Å². The van der Waals surface area contributed by atoms with Gasteiger partial charge in [0, 0.05) is 30.7 Å². The summed E-state index contributed by atoms with van der Waals surface area (Å²) in [6.45, 7) is 7.13. The Hall–Kier alpha value is -2.70. The number of hydrogen-bond donors (Lipinski definition) is 2. The smallest absolute Gasteiger partial charge is 0.209 e. The summed E-state index contributed by atoms with van der Waals surface area (Å²) in [6.07, 6.45) is 5.13. The zero-order valence-electron chi connectivity index (χ0n) is 15.4. The highest BCUT2D eigenvalue weighted by atomic mass is 19.1. The lowest BCUT2D eigenvalue weighted by atomic mass is 10.1. The van der Waals surface area contributed by atoms with Gasteiger partial charge in [0.05, 0.1) is 16.9 Å². The number of carbonyl (C=O) groups is 1. The van der Waals surface area contributed by atoms with E-state index in [1.54, 1.807) is 40.9 Å². The van der Waals surface area contributed by atoms with Crippen molar-refractivity contribution in [3.8, 4) is 0 Å². The highest BCUT2D eigenvalue weighted by Crippen LogP contribution is 2.23. The molecular weight excluding hydrogens is 333 g/mol. The van der Waals surface area contributed by atoms with Crippen molar-refractivity contribution in [3.63, 3.8) is 0 Å². The minimum Gasteiger partial charge on any atom is -0.402 e. The Morgan fingerprint density at radius 3 is 2.69 bits per heavy atom. The second-order valence-corrected chi connectivity index (χ2v) is 6.82. The molecule has 0 radical (unpaired) electrons. The minimum atomic E-state index is -0.251. The van der Waals surface area contributed by atoms with Crippen LogP contribution in [-0.4, -0.2) is 39.9 Å². The lowest BCUT2D eigenvalue weighted by Gasteiger charge is -2.10. The fraction of sp³-hybridized carbons (Fsp3) is 0.421. The van der Waals surface area contributed by atoms with E-state index < -0.39 is 0 Å². The molecule has 0 saturated carbocycles. The highest BCUT2D eigenvalue weighted by molar-refractivity contribution is 5.94. The molecule has 7 heteroatoms. The Balaban J connectivity index is 0.000000232. The monoisotopic (exact) mass is 359 g/mol. The summed E-state index contributed by atoms with van der Waals surface area (Å²) in [5.74, 6) is 0.0301. The van der Waals surface area contributed by atoms with Crippen LogP contribution in [0.3, 0.4) is 0 Å². The number of likely N-dealkylation sites (tertiary alicyclic amines) is 1. The quantitative estimate of drug-likeness (QED) is 0.649. The minimum absolute atomic E-state index is 0.159. The Kier molecular flexibility index (Phi) is 6.49. The molecule has 2 aromatic rings. The molecule has 1 aliphatic rings. The van der Waals surface area contributed by atoms with Crippen molar-refractivity contribution in [2.24, 2.45) is 11.7 Å². The topological polar surface area (TPSA) is 88.0 Å². The maximum absolute atomic E-state index is 13.5. The molecule has 1 fully saturated rings. The van der Waals surface area contributed by atoms with E-state index in [1.165, 1.54) is 6.07 Å². The standard InChI is InChI=1S/C12H12FN3O.C7H14N2/c13-11-2-1-3-12-10(11)7-16(14-12)9-4-5-15(6-9)8-17;1-5(2)7(9)4-6(3)8/h1-3,7-9H,4-6H2;4-5,9H,8H2,1-3H3/b;6-4-,9-7?. The number of nitrogens with zero attached hydrogens (tertiary/aromatic N) is 3. The average Bonchev–Trinajstić information content (AvgIpc) is 3.22. The Labute approximate surface area is 153 Å². The molecule has 26 heavy (non-hydrogen) atoms. The third-order valence-electron chi connectivity index (χ3n) is 4.24. The van der Waals surface area contributed by atoms with Gasteiger partial charge in [-0.2, -0.15) is 5.10 Å². The third-order valence-corrected chi connectivity index (χ3v) is 4.24. The lowest BCUT2D eigenvalue weighted by molar-refractivity contribution is -0.117. The van der Waals surface area contributed by atoms with Crippen molar-refractivity contribution in [1.82, 2.24) is 14.7 Å². The van der Waals surface area contributed by atoms with E-state index in [-0.39, 0.29) is 17.8 Å². The van der Waals surface area contributed by atoms with Crippen molar-refractivity contribution in [1.29, 1.82) is 5.41 Å². The van der Waals surface area contributed by atoms with Crippen LogP contribution in [0, 0.1) is 17.1 Å². The highest BCUT2D eigenvalue weighted by Gasteiger charge is 2.23. The number of aromatic nitrogens is 2. The molecular formula is C19H26FN5O. The number of amides is 1. The molecule has 0 spiro atoms. The van der Waals surface area contributed by atoms with Crippen molar-refractivity contribution < 1.29 is 9.18 Å². The molecule has 2 heterocycles. The van der Waals surface area contributed by atoms with Gasteiger partial charge in [-0.15, -0.1) is 0 Å². The van der Waals surface area contributed by atoms with Gasteiger partial charge < -0.3 is 16.0 Å². The average molecular weight is 359 g/mol. The van der Waals surface area contributed by atoms with Gasteiger partial charge in [-0.05, 0) is 37.5 Å². The van der Waals surface area contributed by atoms with Gasteiger partial charge in [0.25, 0.3) is 0 Å². The largest absolute Gasteiger partial charge is 0.402 e. The summed E-state index contributed by atoms with van der Waals surface area (Å²) in [7, 11) is 0. The number of benzene rings is 1. The molecule has 1 saturated heterocycles. The van der Waals surface area contributed by atoms with Gasteiger partial charge >= 0.3 is 0 Å². The van der Waals surface area contributed by atoms with Gasteiger partial charge in [0.1, 0.15) is 5.82 Å². The lowest BCUT2D eigenvalue weighted by Crippen LogP contribution is -2.19. The summed E-state index contributed by atoms with van der Waals surface area (Å²) in [4.78, 5) is 12.4. The van der Waals surface area contributed by atoms with Crippen molar-refractivity contribution in [2.45, 2.75) is 33.2 Å². The molecule has 6 nitrogen and oxygen atoms in total. The van der Waals surface area contributed by atoms with Gasteiger partial charge in [-0.1, -0.05) is 19.9 Å². The molecule has 0 bridgehead atoms. The predicted molar refractivity (Wildman–Crippen MR) is 101 cm³/mol. The summed E-state index contributed by atoms with van der Waals surface area (Å²) >= 11 is 0. The third kappa shape index (κ3) is 4.91. The summed E-state index contributed by atoms with van der Waals surface area (Å²) < 4.78 is 15.3. The maximum atomic E-state index is 13.5. The first-order chi connectivity index (χ1) is 12.3. The van der Waals surface area contributed by atoms with Crippen LogP contribution in [0.2, 0.25) is 0 Å². The molecule has 1 unspecified atom stereocenters. The zero-order valence-corrected chi connectivity index (χ0v) is 15.4. The summed E-state index contributed by atoms with van der Waals surface area (Å²) in [5, 5.41) is 12.2. The van der Waals surface area contributed by atoms with Crippen LogP contribution < -0.4 is 5.73 Å². The van der Waals surface area contributed by atoms with E-state index in [4.69, 9.17) is 11.1 Å². The van der Waals surface area contributed by atoms with Crippen LogP contribution in [0.1, 0.15) is 33.2 Å². The van der Waals surface area contributed by atoms with E-state index in [0.29, 0.717) is 28.9 Å². The van der Waals surface area contributed by atoms with Gasteiger partial charge in [0.2, 0.25) is 6.41 Å². The number of rotatable bonds is 4. The molecule has 1 aromatic carbocycles. The van der Waals surface area contributed by atoms with E-state index >= 15 is 0 Å². The van der Waals surface area contributed by atoms with Crippen molar-refractivity contribution >= 4 is 23.0 Å². The van der Waals surface area contributed by atoms with Crippen LogP contribution in [0.15, 0.2) is 36.2 Å². The van der Waals surface area contributed by atoms with E-state index in [9.17, 15) is 9.18 Å².